The Hall–Kier alpha value is -1.67. The first-order valence-corrected chi connectivity index (χ1v) is 11.0. The first kappa shape index (κ1) is 19.1. The molecule has 1 aliphatic heterocycles. The number of pyridine rings is 1. The van der Waals surface area contributed by atoms with Crippen LogP contribution in [0, 0.1) is 11.8 Å². The van der Waals surface area contributed by atoms with E-state index in [4.69, 9.17) is 0 Å². The Morgan fingerprint density at radius 2 is 1.92 bits per heavy atom. The SMILES string of the molecule is CCCCS(=O)(=O)NC1[C@@H]2CC[C@H]1CN(C(=O)Cn1ccccc1=O)C2. The van der Waals surface area contributed by atoms with Gasteiger partial charge in [0.1, 0.15) is 6.54 Å². The summed E-state index contributed by atoms with van der Waals surface area (Å²) in [5, 5.41) is 0. The third-order valence-electron chi connectivity index (χ3n) is 5.47. The molecule has 1 unspecified atom stereocenters. The molecule has 1 aromatic rings. The quantitative estimate of drug-likeness (QED) is 0.757. The van der Waals surface area contributed by atoms with Crippen molar-refractivity contribution in [2.45, 2.75) is 45.2 Å². The molecule has 7 nitrogen and oxygen atoms in total. The number of fused-ring (bicyclic) bond motifs is 2. The molecule has 0 spiro atoms. The number of rotatable bonds is 7. The van der Waals surface area contributed by atoms with Crippen molar-refractivity contribution < 1.29 is 13.2 Å². The van der Waals surface area contributed by atoms with Crippen LogP contribution in [-0.2, 0) is 21.4 Å². The summed E-state index contributed by atoms with van der Waals surface area (Å²) in [6.45, 7) is 3.11. The second kappa shape index (κ2) is 7.92. The van der Waals surface area contributed by atoms with Crippen molar-refractivity contribution in [3.63, 3.8) is 0 Å². The minimum absolute atomic E-state index is 0.0337. The van der Waals surface area contributed by atoms with E-state index in [1.54, 1.807) is 23.2 Å². The number of piperidine rings is 1. The number of sulfonamides is 1. The van der Waals surface area contributed by atoms with Gasteiger partial charge in [-0.3, -0.25) is 9.59 Å². The first-order valence-electron chi connectivity index (χ1n) is 9.33. The van der Waals surface area contributed by atoms with Gasteiger partial charge in [0.15, 0.2) is 0 Å². The normalized spacial score (nSPS) is 25.4. The molecule has 1 aromatic heterocycles. The highest BCUT2D eigenvalue weighted by Crippen LogP contribution is 2.37. The minimum atomic E-state index is -3.26. The molecule has 1 saturated carbocycles. The summed E-state index contributed by atoms with van der Waals surface area (Å²) in [5.74, 6) is 0.393. The summed E-state index contributed by atoms with van der Waals surface area (Å²) in [7, 11) is -3.26. The molecule has 0 radical (unpaired) electrons. The second-order valence-electron chi connectivity index (χ2n) is 7.38. The number of nitrogens with one attached hydrogen (secondary N) is 1. The summed E-state index contributed by atoms with van der Waals surface area (Å²) in [6, 6.07) is 4.75. The molecule has 1 N–H and O–H groups in total. The molecular weight excluding hydrogens is 354 g/mol. The van der Waals surface area contributed by atoms with Gasteiger partial charge in [0, 0.05) is 31.4 Å². The van der Waals surface area contributed by atoms with Gasteiger partial charge in [0.25, 0.3) is 5.56 Å². The van der Waals surface area contributed by atoms with Crippen molar-refractivity contribution in [2.24, 2.45) is 11.8 Å². The van der Waals surface area contributed by atoms with Gasteiger partial charge < -0.3 is 9.47 Å². The van der Waals surface area contributed by atoms with Crippen molar-refractivity contribution in [2.75, 3.05) is 18.8 Å². The zero-order valence-corrected chi connectivity index (χ0v) is 16.0. The Balaban J connectivity index is 1.62. The number of hydrogen-bond acceptors (Lipinski definition) is 4. The number of unbranched alkanes of at least 4 members (excludes halogenated alkanes) is 1. The van der Waals surface area contributed by atoms with Gasteiger partial charge in [-0.2, -0.15) is 0 Å². The van der Waals surface area contributed by atoms with E-state index in [1.807, 2.05) is 6.92 Å². The summed E-state index contributed by atoms with van der Waals surface area (Å²) in [6.07, 6.45) is 4.98. The maximum Gasteiger partial charge on any atom is 0.250 e. The fourth-order valence-corrected chi connectivity index (χ4v) is 5.64. The zero-order chi connectivity index (χ0) is 18.7. The summed E-state index contributed by atoms with van der Waals surface area (Å²) in [4.78, 5) is 26.2. The molecule has 8 heteroatoms. The van der Waals surface area contributed by atoms with Crippen LogP contribution in [0.15, 0.2) is 29.2 Å². The van der Waals surface area contributed by atoms with Crippen LogP contribution >= 0.6 is 0 Å². The van der Waals surface area contributed by atoms with Crippen LogP contribution in [0.5, 0.6) is 0 Å². The standard InChI is InChI=1S/C18H27N3O4S/c1-2-3-10-26(24,25)19-18-14-7-8-15(18)12-21(11-14)17(23)13-20-9-5-4-6-16(20)22/h4-6,9,14-15,18-19H,2-3,7-8,10-13H2,1H3/t14-,15+,18?. The van der Waals surface area contributed by atoms with Gasteiger partial charge >= 0.3 is 0 Å². The average Bonchev–Trinajstić information content (AvgIpc) is 2.83. The maximum absolute atomic E-state index is 12.6. The number of hydrogen-bond donors (Lipinski definition) is 1. The highest BCUT2D eigenvalue weighted by Gasteiger charge is 2.44. The Kier molecular flexibility index (Phi) is 5.82. The molecule has 144 valence electrons. The second-order valence-corrected chi connectivity index (χ2v) is 9.25. The number of amides is 1. The molecule has 1 amide bonds. The van der Waals surface area contributed by atoms with Crippen LogP contribution in [0.4, 0.5) is 0 Å². The lowest BCUT2D eigenvalue weighted by Crippen LogP contribution is -2.54. The molecule has 3 rings (SSSR count). The van der Waals surface area contributed by atoms with E-state index in [2.05, 4.69) is 4.72 Å². The van der Waals surface area contributed by atoms with Gasteiger partial charge in [0.2, 0.25) is 15.9 Å². The molecule has 1 saturated heterocycles. The largest absolute Gasteiger partial charge is 0.340 e. The van der Waals surface area contributed by atoms with Crippen molar-refractivity contribution in [3.8, 4) is 0 Å². The molecule has 2 bridgehead atoms. The Morgan fingerprint density at radius 3 is 2.54 bits per heavy atom. The van der Waals surface area contributed by atoms with Gasteiger partial charge in [-0.1, -0.05) is 19.4 Å². The molecule has 1 aliphatic carbocycles. The van der Waals surface area contributed by atoms with E-state index in [0.717, 1.165) is 19.3 Å². The highest BCUT2D eigenvalue weighted by molar-refractivity contribution is 7.89. The molecule has 2 aliphatic rings. The van der Waals surface area contributed by atoms with Crippen LogP contribution in [0.3, 0.4) is 0 Å². The summed E-state index contributed by atoms with van der Waals surface area (Å²) >= 11 is 0. The van der Waals surface area contributed by atoms with Crippen LogP contribution in [0.25, 0.3) is 0 Å². The van der Waals surface area contributed by atoms with Crippen molar-refractivity contribution >= 4 is 15.9 Å². The molecular formula is C18H27N3O4S. The van der Waals surface area contributed by atoms with E-state index in [1.165, 1.54) is 10.6 Å². The van der Waals surface area contributed by atoms with Crippen LogP contribution in [-0.4, -0.2) is 48.7 Å². The Labute approximate surface area is 154 Å². The van der Waals surface area contributed by atoms with Gasteiger partial charge in [-0.15, -0.1) is 0 Å². The predicted octanol–water partition coefficient (Wildman–Crippen LogP) is 0.805. The van der Waals surface area contributed by atoms with Crippen LogP contribution in [0.1, 0.15) is 32.6 Å². The molecule has 2 fully saturated rings. The fourth-order valence-electron chi connectivity index (χ4n) is 4.06. The number of likely N-dealkylation sites (tertiary alicyclic amines) is 1. The maximum atomic E-state index is 12.6. The monoisotopic (exact) mass is 381 g/mol. The van der Waals surface area contributed by atoms with Gasteiger partial charge in [0.05, 0.1) is 5.75 Å². The van der Waals surface area contributed by atoms with E-state index in [0.29, 0.717) is 19.5 Å². The first-order chi connectivity index (χ1) is 12.4. The van der Waals surface area contributed by atoms with Gasteiger partial charge in [-0.25, -0.2) is 13.1 Å². The lowest BCUT2D eigenvalue weighted by molar-refractivity contribution is -0.134. The average molecular weight is 381 g/mol. The Bertz CT molecular complexity index is 791. The topological polar surface area (TPSA) is 88.5 Å². The lowest BCUT2D eigenvalue weighted by Gasteiger charge is -2.38. The highest BCUT2D eigenvalue weighted by atomic mass is 32.2. The smallest absolute Gasteiger partial charge is 0.250 e. The molecule has 3 atom stereocenters. The lowest BCUT2D eigenvalue weighted by atomic mass is 9.93. The van der Waals surface area contributed by atoms with Crippen molar-refractivity contribution in [1.29, 1.82) is 0 Å². The molecule has 2 heterocycles. The predicted molar refractivity (Wildman–Crippen MR) is 99.1 cm³/mol. The molecule has 0 aromatic carbocycles. The number of carbonyl (C=O) groups excluding carboxylic acids is 1. The summed E-state index contributed by atoms with van der Waals surface area (Å²) < 4.78 is 28.8. The molecule has 26 heavy (non-hydrogen) atoms. The van der Waals surface area contributed by atoms with E-state index in [-0.39, 0.29) is 41.6 Å². The van der Waals surface area contributed by atoms with Crippen LogP contribution < -0.4 is 10.3 Å². The fraction of sp³-hybridized carbons (Fsp3) is 0.667. The third-order valence-corrected chi connectivity index (χ3v) is 6.93. The van der Waals surface area contributed by atoms with E-state index < -0.39 is 10.0 Å². The van der Waals surface area contributed by atoms with Crippen LogP contribution in [0.2, 0.25) is 0 Å². The number of carbonyl (C=O) groups is 1. The summed E-state index contributed by atoms with van der Waals surface area (Å²) in [5.41, 5.74) is -0.192. The third kappa shape index (κ3) is 4.35. The van der Waals surface area contributed by atoms with E-state index in [9.17, 15) is 18.0 Å². The zero-order valence-electron chi connectivity index (χ0n) is 15.1. The van der Waals surface area contributed by atoms with E-state index >= 15 is 0 Å². The van der Waals surface area contributed by atoms with Crippen molar-refractivity contribution in [1.82, 2.24) is 14.2 Å². The van der Waals surface area contributed by atoms with Gasteiger partial charge in [-0.05, 0) is 37.2 Å². The Morgan fingerprint density at radius 1 is 1.23 bits per heavy atom. The van der Waals surface area contributed by atoms with Crippen molar-refractivity contribution in [3.05, 3.63) is 34.7 Å². The number of aromatic nitrogens is 1. The number of nitrogens with zero attached hydrogens (tertiary/aromatic N) is 2. The minimum Gasteiger partial charge on any atom is -0.340 e.